The molecule has 0 spiro atoms. The van der Waals surface area contributed by atoms with Crippen molar-refractivity contribution in [1.82, 2.24) is 0 Å². The van der Waals surface area contributed by atoms with E-state index in [9.17, 15) is 4.79 Å². The van der Waals surface area contributed by atoms with Crippen molar-refractivity contribution in [2.24, 2.45) is 5.73 Å². The van der Waals surface area contributed by atoms with Crippen molar-refractivity contribution in [2.45, 2.75) is 26.8 Å². The zero-order valence-corrected chi connectivity index (χ0v) is 10.0. The van der Waals surface area contributed by atoms with E-state index < -0.39 is 0 Å². The molecule has 0 radical (unpaired) electrons. The maximum atomic E-state index is 11.0. The number of aryl methyl sites for hydroxylation is 1. The van der Waals surface area contributed by atoms with E-state index in [2.05, 4.69) is 0 Å². The van der Waals surface area contributed by atoms with Crippen molar-refractivity contribution in [3.05, 3.63) is 23.8 Å². The Morgan fingerprint density at radius 3 is 2.50 bits per heavy atom. The van der Waals surface area contributed by atoms with Gasteiger partial charge in [0, 0.05) is 6.04 Å². The Labute approximate surface area is 96.2 Å². The number of benzene rings is 1. The molecule has 0 atom stereocenters. The Morgan fingerprint density at radius 1 is 1.44 bits per heavy atom. The van der Waals surface area contributed by atoms with Gasteiger partial charge in [-0.1, -0.05) is 12.1 Å². The van der Waals surface area contributed by atoms with Crippen LogP contribution in [0.1, 0.15) is 19.4 Å². The van der Waals surface area contributed by atoms with E-state index in [1.807, 2.05) is 43.9 Å². The Balaban J connectivity index is 3.15. The predicted molar refractivity (Wildman–Crippen MR) is 67.3 cm³/mol. The van der Waals surface area contributed by atoms with Crippen LogP contribution in [0.25, 0.3) is 0 Å². The molecular weight excluding hydrogens is 202 g/mol. The van der Waals surface area contributed by atoms with Gasteiger partial charge in [0.15, 0.2) is 0 Å². The van der Waals surface area contributed by atoms with E-state index in [1.165, 1.54) is 0 Å². The minimum Gasteiger partial charge on any atom is -0.397 e. The molecule has 1 aromatic rings. The van der Waals surface area contributed by atoms with E-state index in [1.54, 1.807) is 0 Å². The number of nitrogens with two attached hydrogens (primary N) is 2. The molecule has 0 fully saturated rings. The van der Waals surface area contributed by atoms with Crippen LogP contribution in [0.4, 0.5) is 11.4 Å². The summed E-state index contributed by atoms with van der Waals surface area (Å²) in [6, 6.07) is 5.88. The second-order valence-corrected chi connectivity index (χ2v) is 4.20. The Hall–Kier alpha value is -1.71. The molecule has 0 bridgehead atoms. The average Bonchev–Trinajstić information content (AvgIpc) is 2.15. The van der Waals surface area contributed by atoms with Crippen molar-refractivity contribution in [1.29, 1.82) is 0 Å². The van der Waals surface area contributed by atoms with Crippen LogP contribution in [0.5, 0.6) is 0 Å². The van der Waals surface area contributed by atoms with Crippen LogP contribution in [-0.2, 0) is 4.79 Å². The van der Waals surface area contributed by atoms with E-state index in [4.69, 9.17) is 11.5 Å². The summed E-state index contributed by atoms with van der Waals surface area (Å²) in [6.45, 7) is 6.18. The summed E-state index contributed by atoms with van der Waals surface area (Å²) in [5.41, 5.74) is 13.8. The highest BCUT2D eigenvalue weighted by Gasteiger charge is 2.17. The van der Waals surface area contributed by atoms with E-state index in [0.29, 0.717) is 5.69 Å². The molecule has 4 nitrogen and oxygen atoms in total. The highest BCUT2D eigenvalue weighted by molar-refractivity contribution is 5.82. The highest BCUT2D eigenvalue weighted by atomic mass is 16.1. The van der Waals surface area contributed by atoms with Gasteiger partial charge in [0.05, 0.1) is 17.9 Å². The van der Waals surface area contributed by atoms with Gasteiger partial charge in [0.1, 0.15) is 0 Å². The molecule has 88 valence electrons. The number of hydrogen-bond donors (Lipinski definition) is 2. The number of nitrogen functional groups attached to an aromatic ring is 1. The van der Waals surface area contributed by atoms with Crippen molar-refractivity contribution >= 4 is 17.3 Å². The number of carbonyl (C=O) groups is 1. The van der Waals surface area contributed by atoms with Gasteiger partial charge in [0.2, 0.25) is 5.91 Å². The molecule has 0 aromatic heterocycles. The molecule has 1 rings (SSSR count). The molecular formula is C12H19N3O. The lowest BCUT2D eigenvalue weighted by molar-refractivity contribution is -0.116. The molecule has 1 aromatic carbocycles. The van der Waals surface area contributed by atoms with E-state index in [0.717, 1.165) is 11.3 Å². The number of amides is 1. The summed E-state index contributed by atoms with van der Waals surface area (Å²) >= 11 is 0. The number of hydrogen-bond acceptors (Lipinski definition) is 3. The summed E-state index contributed by atoms with van der Waals surface area (Å²) in [6.07, 6.45) is 0. The first-order valence-electron chi connectivity index (χ1n) is 5.33. The molecule has 4 N–H and O–H groups in total. The SMILES string of the molecule is Cc1cccc(N)c1N(CC(N)=O)C(C)C. The summed E-state index contributed by atoms with van der Waals surface area (Å²) < 4.78 is 0. The molecule has 0 aliphatic carbocycles. The third-order valence-corrected chi connectivity index (χ3v) is 2.51. The number of carbonyl (C=O) groups excluding carboxylic acids is 1. The number of anilines is 2. The van der Waals surface area contributed by atoms with Gasteiger partial charge in [0.25, 0.3) is 0 Å². The normalized spacial score (nSPS) is 10.5. The Kier molecular flexibility index (Phi) is 3.77. The van der Waals surface area contributed by atoms with Crippen LogP contribution in [0.3, 0.4) is 0 Å². The largest absolute Gasteiger partial charge is 0.397 e. The van der Waals surface area contributed by atoms with Crippen LogP contribution in [-0.4, -0.2) is 18.5 Å². The maximum absolute atomic E-state index is 11.0. The van der Waals surface area contributed by atoms with Gasteiger partial charge in [-0.2, -0.15) is 0 Å². The summed E-state index contributed by atoms with van der Waals surface area (Å²) in [5, 5.41) is 0. The van der Waals surface area contributed by atoms with Gasteiger partial charge < -0.3 is 16.4 Å². The third-order valence-electron chi connectivity index (χ3n) is 2.51. The standard InChI is InChI=1S/C12H19N3O/c1-8(2)15(7-11(14)16)12-9(3)5-4-6-10(12)13/h4-6,8H,7,13H2,1-3H3,(H2,14,16). The van der Waals surface area contributed by atoms with Crippen molar-refractivity contribution in [2.75, 3.05) is 17.2 Å². The lowest BCUT2D eigenvalue weighted by Crippen LogP contribution is -2.39. The fraction of sp³-hybridized carbons (Fsp3) is 0.417. The van der Waals surface area contributed by atoms with Gasteiger partial charge in [-0.15, -0.1) is 0 Å². The second-order valence-electron chi connectivity index (χ2n) is 4.20. The smallest absolute Gasteiger partial charge is 0.236 e. The number of rotatable bonds is 4. The molecule has 0 unspecified atom stereocenters. The Morgan fingerprint density at radius 2 is 2.06 bits per heavy atom. The first kappa shape index (κ1) is 12.4. The number of primary amides is 1. The molecule has 0 heterocycles. The molecule has 4 heteroatoms. The minimum absolute atomic E-state index is 0.177. The van der Waals surface area contributed by atoms with Crippen LogP contribution >= 0.6 is 0 Å². The zero-order chi connectivity index (χ0) is 12.3. The molecule has 0 saturated carbocycles. The van der Waals surface area contributed by atoms with E-state index >= 15 is 0 Å². The lowest BCUT2D eigenvalue weighted by Gasteiger charge is -2.30. The van der Waals surface area contributed by atoms with Gasteiger partial charge in [-0.05, 0) is 32.4 Å². The fourth-order valence-electron chi connectivity index (χ4n) is 1.76. The van der Waals surface area contributed by atoms with Crippen molar-refractivity contribution in [3.63, 3.8) is 0 Å². The van der Waals surface area contributed by atoms with Gasteiger partial charge in [-0.25, -0.2) is 0 Å². The molecule has 1 amide bonds. The van der Waals surface area contributed by atoms with Gasteiger partial charge >= 0.3 is 0 Å². The minimum atomic E-state index is -0.351. The monoisotopic (exact) mass is 221 g/mol. The van der Waals surface area contributed by atoms with Crippen LogP contribution in [0.2, 0.25) is 0 Å². The molecule has 0 saturated heterocycles. The first-order chi connectivity index (χ1) is 7.43. The molecule has 0 aliphatic rings. The Bertz CT molecular complexity index is 368. The summed E-state index contributed by atoms with van der Waals surface area (Å²) in [7, 11) is 0. The third kappa shape index (κ3) is 2.66. The van der Waals surface area contributed by atoms with Crippen LogP contribution in [0.15, 0.2) is 18.2 Å². The molecule has 16 heavy (non-hydrogen) atoms. The lowest BCUT2D eigenvalue weighted by atomic mass is 10.1. The van der Waals surface area contributed by atoms with E-state index in [-0.39, 0.29) is 18.5 Å². The topological polar surface area (TPSA) is 72.3 Å². The quantitative estimate of drug-likeness (QED) is 0.752. The molecule has 0 aliphatic heterocycles. The van der Waals surface area contributed by atoms with Crippen LogP contribution < -0.4 is 16.4 Å². The van der Waals surface area contributed by atoms with Crippen molar-refractivity contribution < 1.29 is 4.79 Å². The number of nitrogens with zero attached hydrogens (tertiary/aromatic N) is 1. The van der Waals surface area contributed by atoms with Crippen molar-refractivity contribution in [3.8, 4) is 0 Å². The van der Waals surface area contributed by atoms with Gasteiger partial charge in [-0.3, -0.25) is 4.79 Å². The zero-order valence-electron chi connectivity index (χ0n) is 10.0. The highest BCUT2D eigenvalue weighted by Crippen LogP contribution is 2.28. The maximum Gasteiger partial charge on any atom is 0.236 e. The van der Waals surface area contributed by atoms with Crippen LogP contribution in [0, 0.1) is 6.92 Å². The average molecular weight is 221 g/mol. The summed E-state index contributed by atoms with van der Waals surface area (Å²) in [5.74, 6) is -0.351. The fourth-order valence-corrected chi connectivity index (χ4v) is 1.76. The first-order valence-corrected chi connectivity index (χ1v) is 5.33. The predicted octanol–water partition coefficient (Wildman–Crippen LogP) is 1.28. The second kappa shape index (κ2) is 4.88. The number of para-hydroxylation sites is 1. The summed E-state index contributed by atoms with van der Waals surface area (Å²) in [4.78, 5) is 13.0.